The van der Waals surface area contributed by atoms with Crippen LogP contribution in [-0.2, 0) is 29.5 Å². The Morgan fingerprint density at radius 3 is 2.52 bits per heavy atom. The van der Waals surface area contributed by atoms with E-state index in [1.54, 1.807) is 31.2 Å². The van der Waals surface area contributed by atoms with E-state index in [9.17, 15) is 13.2 Å². The summed E-state index contributed by atoms with van der Waals surface area (Å²) in [7, 11) is -4.99. The Kier molecular flexibility index (Phi) is 3.56. The molecule has 0 aromatic heterocycles. The molecule has 0 spiro atoms. The van der Waals surface area contributed by atoms with Crippen molar-refractivity contribution >= 4 is 15.9 Å². The third-order valence-corrected chi connectivity index (χ3v) is 4.32. The zero-order valence-corrected chi connectivity index (χ0v) is 14.0. The van der Waals surface area contributed by atoms with E-state index < -0.39 is 39.3 Å². The van der Waals surface area contributed by atoms with Crippen molar-refractivity contribution in [2.45, 2.75) is 18.7 Å². The Balaban J connectivity index is 1.96. The predicted molar refractivity (Wildman–Crippen MR) is 91.4 cm³/mol. The summed E-state index contributed by atoms with van der Waals surface area (Å²) in [5.41, 5.74) is 3.21. The maximum absolute atomic E-state index is 12.8. The van der Waals surface area contributed by atoms with Crippen LogP contribution in [0.2, 0.25) is 0 Å². The molecule has 0 saturated heterocycles. The number of rotatable bonds is 5. The summed E-state index contributed by atoms with van der Waals surface area (Å²) in [5, 5.41) is 0. The molecule has 1 aliphatic rings. The number of carbonyl (C=O) groups excluding carboxylic acids is 1. The highest BCUT2D eigenvalue weighted by Crippen LogP contribution is 2.34. The van der Waals surface area contributed by atoms with Crippen LogP contribution in [0.1, 0.15) is 26.9 Å². The molecular formula is C18H17NO5S. The van der Waals surface area contributed by atoms with Crippen LogP contribution >= 0.6 is 0 Å². The number of benzene rings is 2. The van der Waals surface area contributed by atoms with Gasteiger partial charge in [0, 0.05) is 5.56 Å². The van der Waals surface area contributed by atoms with Crippen molar-refractivity contribution in [1.82, 2.24) is 0 Å². The van der Waals surface area contributed by atoms with Crippen LogP contribution < -0.4 is 5.73 Å². The van der Waals surface area contributed by atoms with Crippen molar-refractivity contribution in [3.05, 3.63) is 82.9 Å². The molecule has 0 fully saturated rings. The lowest BCUT2D eigenvalue weighted by atomic mass is 10.0. The summed E-state index contributed by atoms with van der Waals surface area (Å²) in [4.78, 5) is 12.8. The summed E-state index contributed by atoms with van der Waals surface area (Å²) >= 11 is 0. The van der Waals surface area contributed by atoms with Crippen LogP contribution in [0.4, 0.5) is 0 Å². The zero-order valence-electron chi connectivity index (χ0n) is 16.2. The Labute approximate surface area is 150 Å². The van der Waals surface area contributed by atoms with Crippen LogP contribution in [0.3, 0.4) is 0 Å². The molecule has 2 aromatic carbocycles. The lowest BCUT2D eigenvalue weighted by Gasteiger charge is -2.12. The second kappa shape index (κ2) is 6.60. The van der Waals surface area contributed by atoms with E-state index >= 15 is 0 Å². The molecule has 1 heterocycles. The molecule has 0 saturated carbocycles. The van der Waals surface area contributed by atoms with Crippen molar-refractivity contribution < 1.29 is 26.2 Å². The van der Waals surface area contributed by atoms with Gasteiger partial charge in [-0.05, 0) is 18.1 Å². The molecule has 130 valence electrons. The number of aryl methyl sites for hydroxylation is 1. The zero-order chi connectivity index (χ0) is 20.7. The lowest BCUT2D eigenvalue weighted by Crippen LogP contribution is -2.16. The summed E-state index contributed by atoms with van der Waals surface area (Å²) in [6.45, 7) is 1.65. The van der Waals surface area contributed by atoms with Crippen molar-refractivity contribution in [3.8, 4) is 0 Å². The van der Waals surface area contributed by atoms with E-state index in [1.165, 1.54) is 30.3 Å². The van der Waals surface area contributed by atoms with Gasteiger partial charge in [-0.1, -0.05) is 54.6 Å². The molecule has 7 heteroatoms. The molecule has 0 unspecified atom stereocenters. The lowest BCUT2D eigenvalue weighted by molar-refractivity contribution is -0.123. The molecule has 0 bridgehead atoms. The average Bonchev–Trinajstić information content (AvgIpc) is 2.86. The van der Waals surface area contributed by atoms with Gasteiger partial charge in [0.25, 0.3) is 0 Å². The van der Waals surface area contributed by atoms with Gasteiger partial charge in [-0.3, -0.25) is 4.79 Å². The quantitative estimate of drug-likeness (QED) is 0.820. The van der Waals surface area contributed by atoms with Gasteiger partial charge in [-0.15, -0.1) is 0 Å². The molecule has 0 radical (unpaired) electrons. The van der Waals surface area contributed by atoms with Gasteiger partial charge < -0.3 is 14.7 Å². The number of ether oxygens (including phenoxy) is 1. The summed E-state index contributed by atoms with van der Waals surface area (Å²) in [6, 6.07) is 13.5. The molecule has 6 nitrogen and oxygen atoms in total. The summed E-state index contributed by atoms with van der Waals surface area (Å²) < 4.78 is 59.3. The standard InChI is InChI=1S/C18H17NO5S/c1-12-7-5-6-10-14(12)16-15(20)17(18(19)23-16)24-25(21,22)11-13-8-3-2-4-9-13/h2-10,16H,11,19H2,1H3/t16-/m0/s1/i11D2,16D. The third kappa shape index (κ3) is 3.66. The minimum absolute atomic E-state index is 0.171. The van der Waals surface area contributed by atoms with Crippen LogP contribution in [0, 0.1) is 6.92 Å². The molecule has 0 amide bonds. The Hall–Kier alpha value is -2.80. The maximum atomic E-state index is 12.8. The fourth-order valence-corrected chi connectivity index (χ4v) is 3.13. The second-order valence-corrected chi connectivity index (χ2v) is 6.55. The molecule has 0 aliphatic carbocycles. The van der Waals surface area contributed by atoms with Gasteiger partial charge in [-0.2, -0.15) is 8.42 Å². The van der Waals surface area contributed by atoms with Gasteiger partial charge in [0.1, 0.15) is 5.70 Å². The number of carbonyl (C=O) groups is 1. The number of ketones is 1. The number of Topliss-reactive ketones (excluding diaryl/α,β-unsaturated/α-hetero) is 1. The first kappa shape index (κ1) is 13.5. The summed E-state index contributed by atoms with van der Waals surface area (Å²) in [5.74, 6) is -2.75. The van der Waals surface area contributed by atoms with E-state index in [4.69, 9.17) is 18.8 Å². The highest BCUT2D eigenvalue weighted by atomic mass is 32.2. The number of hydrogen-bond acceptors (Lipinski definition) is 6. The van der Waals surface area contributed by atoms with Gasteiger partial charge in [0.2, 0.25) is 17.4 Å². The number of nitrogens with two attached hydrogens (primary N) is 1. The molecular weight excluding hydrogens is 342 g/mol. The van der Waals surface area contributed by atoms with Gasteiger partial charge >= 0.3 is 10.1 Å². The van der Waals surface area contributed by atoms with Crippen LogP contribution in [0.5, 0.6) is 0 Å². The molecule has 3 rings (SSSR count). The van der Waals surface area contributed by atoms with Crippen LogP contribution in [0.25, 0.3) is 0 Å². The largest absolute Gasteiger partial charge is 0.460 e. The predicted octanol–water partition coefficient (Wildman–Crippen LogP) is 2.31. The highest BCUT2D eigenvalue weighted by Gasteiger charge is 2.40. The third-order valence-electron chi connectivity index (χ3n) is 3.45. The van der Waals surface area contributed by atoms with Gasteiger partial charge in [-0.25, -0.2) is 0 Å². The van der Waals surface area contributed by atoms with E-state index in [2.05, 4.69) is 0 Å². The fraction of sp³-hybridized carbons (Fsp3) is 0.167. The van der Waals surface area contributed by atoms with Crippen molar-refractivity contribution in [3.63, 3.8) is 0 Å². The molecule has 1 aliphatic heterocycles. The van der Waals surface area contributed by atoms with E-state index in [1.807, 2.05) is 0 Å². The van der Waals surface area contributed by atoms with E-state index in [0.717, 1.165) is 0 Å². The minimum atomic E-state index is -4.99. The van der Waals surface area contributed by atoms with Gasteiger partial charge in [0.05, 0.1) is 4.11 Å². The fourth-order valence-electron chi connectivity index (χ4n) is 2.28. The van der Waals surface area contributed by atoms with Crippen LogP contribution in [0.15, 0.2) is 66.2 Å². The SMILES string of the molecule is [2H]C([2H])(c1ccccc1)S(=O)(=O)OC1=C(N)O[C@@]([2H])(c2ccccc2C)C1=O. The topological polar surface area (TPSA) is 95.7 Å². The van der Waals surface area contributed by atoms with Gasteiger partial charge in [0.15, 0.2) is 6.08 Å². The van der Waals surface area contributed by atoms with Crippen molar-refractivity contribution in [2.24, 2.45) is 5.73 Å². The Morgan fingerprint density at radius 1 is 1.20 bits per heavy atom. The number of hydrogen-bond donors (Lipinski definition) is 1. The molecule has 25 heavy (non-hydrogen) atoms. The monoisotopic (exact) mass is 362 g/mol. The Bertz CT molecular complexity index is 1070. The molecule has 1 atom stereocenters. The second-order valence-electron chi connectivity index (χ2n) is 5.27. The highest BCUT2D eigenvalue weighted by molar-refractivity contribution is 7.86. The molecule has 2 N–H and O–H groups in total. The first-order chi connectivity index (χ1) is 13.0. The first-order valence-corrected chi connectivity index (χ1v) is 8.71. The first-order valence-electron chi connectivity index (χ1n) is 8.80. The van der Waals surface area contributed by atoms with E-state index in [0.29, 0.717) is 5.56 Å². The minimum Gasteiger partial charge on any atom is -0.460 e. The summed E-state index contributed by atoms with van der Waals surface area (Å²) in [6.07, 6.45) is -2.32. The normalized spacial score (nSPS) is 22.8. The van der Waals surface area contributed by atoms with Crippen LogP contribution in [-0.4, -0.2) is 14.2 Å². The van der Waals surface area contributed by atoms with Crippen molar-refractivity contribution in [2.75, 3.05) is 0 Å². The average molecular weight is 362 g/mol. The van der Waals surface area contributed by atoms with E-state index in [-0.39, 0.29) is 11.1 Å². The smallest absolute Gasteiger partial charge is 0.313 e. The molecule has 2 aromatic rings. The Morgan fingerprint density at radius 2 is 1.84 bits per heavy atom. The maximum Gasteiger partial charge on any atom is 0.313 e. The van der Waals surface area contributed by atoms with Crippen molar-refractivity contribution in [1.29, 1.82) is 0 Å².